The molecule has 1 amide bonds. The van der Waals surface area contributed by atoms with Crippen molar-refractivity contribution < 1.29 is 4.79 Å². The van der Waals surface area contributed by atoms with E-state index in [2.05, 4.69) is 32.5 Å². The summed E-state index contributed by atoms with van der Waals surface area (Å²) in [6.07, 6.45) is 0. The Bertz CT molecular complexity index is 417. The zero-order valence-corrected chi connectivity index (χ0v) is 12.3. The minimum atomic E-state index is -0.0637. The van der Waals surface area contributed by atoms with Gasteiger partial charge < -0.3 is 0 Å². The number of hydrazone groups is 1. The molecule has 0 aliphatic heterocycles. The van der Waals surface area contributed by atoms with Crippen LogP contribution in [-0.2, 0) is 10.5 Å². The highest BCUT2D eigenvalue weighted by molar-refractivity contribution is 9.10. The van der Waals surface area contributed by atoms with Crippen LogP contribution in [-0.4, -0.2) is 17.4 Å². The molecule has 1 aromatic rings. The Morgan fingerprint density at radius 3 is 2.88 bits per heavy atom. The van der Waals surface area contributed by atoms with Crippen molar-refractivity contribution in [1.29, 1.82) is 0 Å². The Hall–Kier alpha value is -0.810. The van der Waals surface area contributed by atoms with Crippen LogP contribution in [0.2, 0.25) is 0 Å². The van der Waals surface area contributed by atoms with Gasteiger partial charge in [0.25, 0.3) is 0 Å². The highest BCUT2D eigenvalue weighted by Crippen LogP contribution is 2.16. The van der Waals surface area contributed by atoms with Gasteiger partial charge in [0.05, 0.1) is 5.75 Å². The summed E-state index contributed by atoms with van der Waals surface area (Å²) >= 11 is 4.99. The first-order valence-corrected chi connectivity index (χ1v) is 7.14. The zero-order valence-electron chi connectivity index (χ0n) is 9.87. The van der Waals surface area contributed by atoms with Gasteiger partial charge in [0.15, 0.2) is 0 Å². The number of benzene rings is 1. The van der Waals surface area contributed by atoms with Crippen molar-refractivity contribution in [1.82, 2.24) is 5.43 Å². The van der Waals surface area contributed by atoms with E-state index in [-0.39, 0.29) is 5.91 Å². The SMILES string of the molecule is CC(C)=NNC(=O)CSCc1cccc(Br)c1. The maximum atomic E-state index is 11.4. The van der Waals surface area contributed by atoms with Gasteiger partial charge in [-0.2, -0.15) is 5.10 Å². The fourth-order valence-electron chi connectivity index (χ4n) is 1.09. The largest absolute Gasteiger partial charge is 0.272 e. The second-order valence-corrected chi connectivity index (χ2v) is 5.62. The molecule has 0 atom stereocenters. The predicted molar refractivity (Wildman–Crippen MR) is 77.2 cm³/mol. The maximum absolute atomic E-state index is 11.4. The molecule has 1 N–H and O–H groups in total. The van der Waals surface area contributed by atoms with Gasteiger partial charge in [0, 0.05) is 15.9 Å². The molecule has 17 heavy (non-hydrogen) atoms. The zero-order chi connectivity index (χ0) is 12.7. The molecule has 0 heterocycles. The lowest BCUT2D eigenvalue weighted by atomic mass is 10.2. The Labute approximate surface area is 114 Å². The van der Waals surface area contributed by atoms with Crippen molar-refractivity contribution >= 4 is 39.3 Å². The number of nitrogens with zero attached hydrogens (tertiary/aromatic N) is 1. The van der Waals surface area contributed by atoms with Crippen LogP contribution in [0.1, 0.15) is 19.4 Å². The first kappa shape index (κ1) is 14.3. The van der Waals surface area contributed by atoms with Gasteiger partial charge in [-0.15, -0.1) is 11.8 Å². The molecule has 5 heteroatoms. The van der Waals surface area contributed by atoms with Crippen LogP contribution in [0.25, 0.3) is 0 Å². The van der Waals surface area contributed by atoms with E-state index in [0.717, 1.165) is 15.9 Å². The third-order valence-corrected chi connectivity index (χ3v) is 3.29. The molecule has 0 saturated heterocycles. The molecule has 0 unspecified atom stereocenters. The van der Waals surface area contributed by atoms with E-state index in [0.29, 0.717) is 5.75 Å². The van der Waals surface area contributed by atoms with Crippen molar-refractivity contribution in [3.63, 3.8) is 0 Å². The van der Waals surface area contributed by atoms with Crippen LogP contribution in [0.3, 0.4) is 0 Å². The Morgan fingerprint density at radius 2 is 2.24 bits per heavy atom. The molecule has 0 spiro atoms. The van der Waals surface area contributed by atoms with E-state index in [1.165, 1.54) is 5.56 Å². The van der Waals surface area contributed by atoms with Gasteiger partial charge in [0.2, 0.25) is 5.91 Å². The van der Waals surface area contributed by atoms with E-state index < -0.39 is 0 Å². The number of hydrogen-bond donors (Lipinski definition) is 1. The molecule has 0 fully saturated rings. The fourth-order valence-corrected chi connectivity index (χ4v) is 2.31. The van der Waals surface area contributed by atoms with Crippen molar-refractivity contribution in [3.8, 4) is 0 Å². The smallest absolute Gasteiger partial charge is 0.250 e. The summed E-state index contributed by atoms with van der Waals surface area (Å²) in [5.74, 6) is 1.18. The lowest BCUT2D eigenvalue weighted by Gasteiger charge is -2.02. The highest BCUT2D eigenvalue weighted by atomic mass is 79.9. The summed E-state index contributed by atoms with van der Waals surface area (Å²) in [5.41, 5.74) is 4.54. The lowest BCUT2D eigenvalue weighted by Crippen LogP contribution is -2.20. The molecular weight excluding hydrogens is 300 g/mol. The predicted octanol–water partition coefficient (Wildman–Crippen LogP) is 3.19. The molecule has 1 aromatic carbocycles. The van der Waals surface area contributed by atoms with Crippen LogP contribution in [0.5, 0.6) is 0 Å². The van der Waals surface area contributed by atoms with Gasteiger partial charge in [-0.1, -0.05) is 28.1 Å². The summed E-state index contributed by atoms with van der Waals surface area (Å²) < 4.78 is 1.06. The third kappa shape index (κ3) is 6.48. The first-order valence-electron chi connectivity index (χ1n) is 5.20. The van der Waals surface area contributed by atoms with Crippen molar-refractivity contribution in [2.24, 2.45) is 5.10 Å². The molecule has 0 aliphatic rings. The average Bonchev–Trinajstić information content (AvgIpc) is 2.26. The molecule has 3 nitrogen and oxygen atoms in total. The number of rotatable bonds is 5. The third-order valence-electron chi connectivity index (χ3n) is 1.80. The number of carbonyl (C=O) groups is 1. The van der Waals surface area contributed by atoms with Gasteiger partial charge in [-0.05, 0) is 31.5 Å². The normalized spacial score (nSPS) is 9.82. The molecule has 0 aliphatic carbocycles. The summed E-state index contributed by atoms with van der Waals surface area (Å²) in [7, 11) is 0. The molecule has 0 bridgehead atoms. The molecule has 1 rings (SSSR count). The molecule has 92 valence electrons. The second-order valence-electron chi connectivity index (χ2n) is 3.72. The van der Waals surface area contributed by atoms with E-state index in [9.17, 15) is 4.79 Å². The number of thioether (sulfide) groups is 1. The topological polar surface area (TPSA) is 41.5 Å². The summed E-state index contributed by atoms with van der Waals surface area (Å²) in [6, 6.07) is 8.08. The molecule has 0 aromatic heterocycles. The lowest BCUT2D eigenvalue weighted by molar-refractivity contribution is -0.118. The van der Waals surface area contributed by atoms with E-state index >= 15 is 0 Å². The van der Waals surface area contributed by atoms with Crippen LogP contribution in [0.4, 0.5) is 0 Å². The van der Waals surface area contributed by atoms with Gasteiger partial charge >= 0.3 is 0 Å². The number of amides is 1. The van der Waals surface area contributed by atoms with Crippen molar-refractivity contribution in [2.45, 2.75) is 19.6 Å². The van der Waals surface area contributed by atoms with Gasteiger partial charge in [-0.3, -0.25) is 4.79 Å². The highest BCUT2D eigenvalue weighted by Gasteiger charge is 2.01. The summed E-state index contributed by atoms with van der Waals surface area (Å²) in [4.78, 5) is 11.4. The quantitative estimate of drug-likeness (QED) is 0.670. The Balaban J connectivity index is 2.28. The first-order chi connectivity index (χ1) is 8.08. The van der Waals surface area contributed by atoms with Crippen molar-refractivity contribution in [2.75, 3.05) is 5.75 Å². The molecule has 0 radical (unpaired) electrons. The summed E-state index contributed by atoms with van der Waals surface area (Å²) in [6.45, 7) is 3.68. The van der Waals surface area contributed by atoms with Crippen LogP contribution >= 0.6 is 27.7 Å². The van der Waals surface area contributed by atoms with E-state index in [1.807, 2.05) is 32.0 Å². The monoisotopic (exact) mass is 314 g/mol. The second kappa shape index (κ2) is 7.50. The minimum absolute atomic E-state index is 0.0637. The van der Waals surface area contributed by atoms with Crippen LogP contribution < -0.4 is 5.43 Å². The van der Waals surface area contributed by atoms with Crippen LogP contribution in [0.15, 0.2) is 33.8 Å². The standard InChI is InChI=1S/C12H15BrN2OS/c1-9(2)14-15-12(16)8-17-7-10-4-3-5-11(13)6-10/h3-6H,7-8H2,1-2H3,(H,15,16). The number of nitrogens with one attached hydrogen (secondary N) is 1. The Kier molecular flexibility index (Phi) is 6.29. The maximum Gasteiger partial charge on any atom is 0.250 e. The molecular formula is C12H15BrN2OS. The van der Waals surface area contributed by atoms with E-state index in [1.54, 1.807) is 11.8 Å². The fraction of sp³-hybridized carbons (Fsp3) is 0.333. The van der Waals surface area contributed by atoms with Crippen molar-refractivity contribution in [3.05, 3.63) is 34.3 Å². The number of hydrogen-bond acceptors (Lipinski definition) is 3. The van der Waals surface area contributed by atoms with Gasteiger partial charge in [-0.25, -0.2) is 5.43 Å². The minimum Gasteiger partial charge on any atom is -0.272 e. The van der Waals surface area contributed by atoms with Crippen LogP contribution in [0, 0.1) is 0 Å². The number of halogens is 1. The molecule has 0 saturated carbocycles. The number of carbonyl (C=O) groups excluding carboxylic acids is 1. The Morgan fingerprint density at radius 1 is 1.47 bits per heavy atom. The average molecular weight is 315 g/mol. The summed E-state index contributed by atoms with van der Waals surface area (Å²) in [5, 5.41) is 3.86. The van der Waals surface area contributed by atoms with E-state index in [4.69, 9.17) is 0 Å². The van der Waals surface area contributed by atoms with Gasteiger partial charge in [0.1, 0.15) is 0 Å².